The van der Waals surface area contributed by atoms with Crippen LogP contribution in [0.2, 0.25) is 0 Å². The Kier molecular flexibility index (Phi) is 4.16. The highest BCUT2D eigenvalue weighted by Crippen LogP contribution is 2.36. The largest absolute Gasteiger partial charge is 0.309 e. The zero-order valence-electron chi connectivity index (χ0n) is 11.1. The Hall–Kier alpha value is -0.470. The van der Waals surface area contributed by atoms with Crippen molar-refractivity contribution in [2.45, 2.75) is 44.6 Å². The maximum Gasteiger partial charge on any atom is 0.0339 e. The highest BCUT2D eigenvalue weighted by Gasteiger charge is 2.22. The summed E-state index contributed by atoms with van der Waals surface area (Å²) in [6, 6.07) is 9.38. The van der Waals surface area contributed by atoms with Crippen LogP contribution >= 0.6 is 11.8 Å². The number of nitrogens with one attached hydrogen (secondary N) is 1. The third-order valence-electron chi connectivity index (χ3n) is 3.74. The van der Waals surface area contributed by atoms with E-state index >= 15 is 0 Å². The summed E-state index contributed by atoms with van der Waals surface area (Å²) in [6.45, 7) is 8.05. The number of hydrogen-bond acceptors (Lipinski definition) is 2. The van der Waals surface area contributed by atoms with Crippen LogP contribution in [0.15, 0.2) is 29.2 Å². The molecule has 1 N–H and O–H groups in total. The molecule has 1 unspecified atom stereocenters. The maximum atomic E-state index is 3.76. The molecular weight excluding hydrogens is 226 g/mol. The van der Waals surface area contributed by atoms with E-state index in [4.69, 9.17) is 0 Å². The summed E-state index contributed by atoms with van der Waals surface area (Å²) in [4.78, 5) is 1.46. The molecule has 0 saturated carbocycles. The smallest absolute Gasteiger partial charge is 0.0339 e. The molecule has 0 bridgehead atoms. The summed E-state index contributed by atoms with van der Waals surface area (Å²) in [5, 5.41) is 3.76. The van der Waals surface area contributed by atoms with Crippen molar-refractivity contribution in [1.29, 1.82) is 0 Å². The molecule has 1 aliphatic heterocycles. The summed E-state index contributed by atoms with van der Waals surface area (Å²) in [5.74, 6) is 1.24. The monoisotopic (exact) mass is 249 g/mol. The molecule has 1 atom stereocenters. The Morgan fingerprint density at radius 2 is 2.12 bits per heavy atom. The zero-order valence-corrected chi connectivity index (χ0v) is 11.9. The van der Waals surface area contributed by atoms with E-state index in [1.54, 1.807) is 0 Å². The first-order valence-corrected chi connectivity index (χ1v) is 7.56. The molecule has 0 fully saturated rings. The van der Waals surface area contributed by atoms with E-state index in [1.807, 2.05) is 11.8 Å². The van der Waals surface area contributed by atoms with Gasteiger partial charge in [0.05, 0.1) is 0 Å². The second-order valence-electron chi connectivity index (χ2n) is 5.63. The Morgan fingerprint density at radius 1 is 1.35 bits per heavy atom. The highest BCUT2D eigenvalue weighted by molar-refractivity contribution is 7.99. The van der Waals surface area contributed by atoms with E-state index in [0.29, 0.717) is 11.5 Å². The van der Waals surface area contributed by atoms with Crippen LogP contribution in [0.3, 0.4) is 0 Å². The Bertz CT molecular complexity index is 373. The summed E-state index contributed by atoms with van der Waals surface area (Å²) >= 11 is 1.99. The first-order valence-electron chi connectivity index (χ1n) is 6.57. The minimum absolute atomic E-state index is 0.402. The third kappa shape index (κ3) is 3.26. The van der Waals surface area contributed by atoms with Crippen molar-refractivity contribution >= 4 is 11.8 Å². The number of fused-ring (bicyclic) bond motifs is 1. The predicted octanol–water partition coefficient (Wildman–Crippen LogP) is 4.25. The lowest BCUT2D eigenvalue weighted by Crippen LogP contribution is -2.33. The van der Waals surface area contributed by atoms with Crippen LogP contribution in [0.5, 0.6) is 0 Å². The average molecular weight is 249 g/mol. The Balaban J connectivity index is 2.04. The lowest BCUT2D eigenvalue weighted by molar-refractivity contribution is 0.306. The van der Waals surface area contributed by atoms with Gasteiger partial charge in [0, 0.05) is 17.5 Å². The van der Waals surface area contributed by atoms with Crippen molar-refractivity contribution in [2.24, 2.45) is 5.41 Å². The van der Waals surface area contributed by atoms with E-state index in [1.165, 1.54) is 29.1 Å². The maximum absolute atomic E-state index is 3.76. The fourth-order valence-electron chi connectivity index (χ4n) is 2.08. The first kappa shape index (κ1) is 13.0. The highest BCUT2D eigenvalue weighted by atomic mass is 32.2. The molecule has 0 aromatic heterocycles. The molecule has 1 aliphatic rings. The molecule has 1 heterocycles. The minimum atomic E-state index is 0.402. The van der Waals surface area contributed by atoms with Gasteiger partial charge in [-0.15, -0.1) is 11.8 Å². The van der Waals surface area contributed by atoms with Crippen LogP contribution < -0.4 is 5.32 Å². The van der Waals surface area contributed by atoms with Gasteiger partial charge < -0.3 is 5.32 Å². The summed E-state index contributed by atoms with van der Waals surface area (Å²) in [6.07, 6.45) is 2.48. The lowest BCUT2D eigenvalue weighted by atomic mass is 9.89. The predicted molar refractivity (Wildman–Crippen MR) is 76.6 cm³/mol. The van der Waals surface area contributed by atoms with Crippen LogP contribution in [0, 0.1) is 5.41 Å². The van der Waals surface area contributed by atoms with Gasteiger partial charge in [0.1, 0.15) is 0 Å². The molecular formula is C15H23NS. The normalized spacial score (nSPS) is 20.1. The second-order valence-corrected chi connectivity index (χ2v) is 6.76. The van der Waals surface area contributed by atoms with Crippen molar-refractivity contribution in [3.8, 4) is 0 Å². The van der Waals surface area contributed by atoms with E-state index in [2.05, 4.69) is 50.4 Å². The summed E-state index contributed by atoms with van der Waals surface area (Å²) < 4.78 is 0. The molecule has 2 rings (SSSR count). The minimum Gasteiger partial charge on any atom is -0.309 e. The SMILES string of the molecule is CCC(C)(C)CNC1CCSc2ccccc21. The van der Waals surface area contributed by atoms with Crippen molar-refractivity contribution in [3.63, 3.8) is 0 Å². The Morgan fingerprint density at radius 3 is 2.88 bits per heavy atom. The zero-order chi connectivity index (χ0) is 12.3. The Labute approximate surface area is 109 Å². The van der Waals surface area contributed by atoms with Gasteiger partial charge in [0.15, 0.2) is 0 Å². The van der Waals surface area contributed by atoms with Crippen LogP contribution in [0.4, 0.5) is 0 Å². The molecule has 0 spiro atoms. The quantitative estimate of drug-likeness (QED) is 0.856. The van der Waals surface area contributed by atoms with Gasteiger partial charge in [-0.05, 0) is 35.6 Å². The topological polar surface area (TPSA) is 12.0 Å². The van der Waals surface area contributed by atoms with Crippen LogP contribution in [-0.2, 0) is 0 Å². The summed E-state index contributed by atoms with van der Waals surface area (Å²) in [7, 11) is 0. The molecule has 2 heteroatoms. The lowest BCUT2D eigenvalue weighted by Gasteiger charge is -2.30. The molecule has 0 aliphatic carbocycles. The van der Waals surface area contributed by atoms with Gasteiger partial charge in [0.25, 0.3) is 0 Å². The first-order chi connectivity index (χ1) is 8.12. The van der Waals surface area contributed by atoms with Gasteiger partial charge in [-0.2, -0.15) is 0 Å². The third-order valence-corrected chi connectivity index (χ3v) is 4.87. The van der Waals surface area contributed by atoms with Crippen LogP contribution in [0.1, 0.15) is 45.2 Å². The second kappa shape index (κ2) is 5.45. The molecule has 94 valence electrons. The average Bonchev–Trinajstić information content (AvgIpc) is 2.36. The van der Waals surface area contributed by atoms with Crippen molar-refractivity contribution < 1.29 is 0 Å². The number of rotatable bonds is 4. The fourth-order valence-corrected chi connectivity index (χ4v) is 3.20. The molecule has 0 amide bonds. The van der Waals surface area contributed by atoms with Crippen molar-refractivity contribution in [3.05, 3.63) is 29.8 Å². The van der Waals surface area contributed by atoms with E-state index < -0.39 is 0 Å². The van der Waals surface area contributed by atoms with Crippen molar-refractivity contribution in [1.82, 2.24) is 5.32 Å². The van der Waals surface area contributed by atoms with Gasteiger partial charge >= 0.3 is 0 Å². The standard InChI is InChI=1S/C15H23NS/c1-4-15(2,3)11-16-13-9-10-17-14-8-6-5-7-12(13)14/h5-8,13,16H,4,9-11H2,1-3H3. The van der Waals surface area contributed by atoms with Crippen LogP contribution in [0.25, 0.3) is 0 Å². The fraction of sp³-hybridized carbons (Fsp3) is 0.600. The molecule has 1 aromatic rings. The van der Waals surface area contributed by atoms with E-state index in [9.17, 15) is 0 Å². The van der Waals surface area contributed by atoms with Crippen LogP contribution in [-0.4, -0.2) is 12.3 Å². The van der Waals surface area contributed by atoms with E-state index in [-0.39, 0.29) is 0 Å². The molecule has 17 heavy (non-hydrogen) atoms. The van der Waals surface area contributed by atoms with Gasteiger partial charge in [-0.3, -0.25) is 0 Å². The molecule has 0 radical (unpaired) electrons. The van der Waals surface area contributed by atoms with Crippen molar-refractivity contribution in [2.75, 3.05) is 12.3 Å². The van der Waals surface area contributed by atoms with Gasteiger partial charge in [-0.1, -0.05) is 39.0 Å². The molecule has 1 aromatic carbocycles. The number of benzene rings is 1. The van der Waals surface area contributed by atoms with Gasteiger partial charge in [0.2, 0.25) is 0 Å². The number of hydrogen-bond donors (Lipinski definition) is 1. The molecule has 1 nitrogen and oxygen atoms in total. The number of thioether (sulfide) groups is 1. The molecule has 0 saturated heterocycles. The summed E-state index contributed by atoms with van der Waals surface area (Å²) in [5.41, 5.74) is 1.90. The van der Waals surface area contributed by atoms with E-state index in [0.717, 1.165) is 6.54 Å². The van der Waals surface area contributed by atoms with Gasteiger partial charge in [-0.25, -0.2) is 0 Å².